The van der Waals surface area contributed by atoms with Crippen molar-refractivity contribution in [1.82, 2.24) is 4.37 Å². The van der Waals surface area contributed by atoms with Crippen molar-refractivity contribution in [2.75, 3.05) is 0 Å². The van der Waals surface area contributed by atoms with Gasteiger partial charge in [0.1, 0.15) is 4.88 Å². The van der Waals surface area contributed by atoms with Gasteiger partial charge in [-0.25, -0.2) is 0 Å². The smallest absolute Gasteiger partial charge is 0.260 e. The molecule has 0 fully saturated rings. The molecule has 0 atom stereocenters. The Bertz CT molecular complexity index is 567. The quantitative estimate of drug-likeness (QED) is 0.901. The molecule has 4 heteroatoms. The lowest BCUT2D eigenvalue weighted by molar-refractivity contribution is 0.100. The standard InChI is InChI=1S/C14H16N2OS/c1-14(2,3)10-11(9-7-5-4-6-8-9)16-18-12(10)13(15)17/h4-8H,1-3H3,(H2,15,17). The Morgan fingerprint density at radius 3 is 2.33 bits per heavy atom. The first-order valence-corrected chi connectivity index (χ1v) is 6.54. The third-order valence-electron chi connectivity index (χ3n) is 2.71. The van der Waals surface area contributed by atoms with Crippen LogP contribution in [0.3, 0.4) is 0 Å². The number of hydrogen-bond acceptors (Lipinski definition) is 3. The summed E-state index contributed by atoms with van der Waals surface area (Å²) in [7, 11) is 0. The van der Waals surface area contributed by atoms with Crippen molar-refractivity contribution in [3.8, 4) is 11.3 Å². The summed E-state index contributed by atoms with van der Waals surface area (Å²) in [5, 5.41) is 0. The molecule has 0 unspecified atom stereocenters. The zero-order valence-corrected chi connectivity index (χ0v) is 11.5. The van der Waals surface area contributed by atoms with Crippen LogP contribution in [-0.2, 0) is 5.41 Å². The summed E-state index contributed by atoms with van der Waals surface area (Å²) < 4.78 is 4.41. The van der Waals surface area contributed by atoms with Crippen LogP contribution in [-0.4, -0.2) is 10.3 Å². The van der Waals surface area contributed by atoms with Crippen LogP contribution in [0.25, 0.3) is 11.3 Å². The summed E-state index contributed by atoms with van der Waals surface area (Å²) in [4.78, 5) is 12.1. The molecule has 0 spiro atoms. The van der Waals surface area contributed by atoms with Crippen molar-refractivity contribution in [2.45, 2.75) is 26.2 Å². The maximum atomic E-state index is 11.5. The maximum Gasteiger partial charge on any atom is 0.260 e. The fraction of sp³-hybridized carbons (Fsp3) is 0.286. The van der Waals surface area contributed by atoms with E-state index in [2.05, 4.69) is 25.1 Å². The van der Waals surface area contributed by atoms with Crippen molar-refractivity contribution in [2.24, 2.45) is 5.73 Å². The zero-order valence-electron chi connectivity index (χ0n) is 10.7. The minimum Gasteiger partial charge on any atom is -0.365 e. The first kappa shape index (κ1) is 12.8. The number of aromatic nitrogens is 1. The minimum absolute atomic E-state index is 0.164. The first-order chi connectivity index (χ1) is 8.41. The van der Waals surface area contributed by atoms with Crippen LogP contribution < -0.4 is 5.73 Å². The lowest BCUT2D eigenvalue weighted by Gasteiger charge is -2.20. The highest BCUT2D eigenvalue weighted by Gasteiger charge is 2.28. The lowest BCUT2D eigenvalue weighted by atomic mass is 9.84. The Kier molecular flexibility index (Phi) is 3.22. The molecule has 2 rings (SSSR count). The topological polar surface area (TPSA) is 56.0 Å². The number of carbonyl (C=O) groups excluding carboxylic acids is 1. The summed E-state index contributed by atoms with van der Waals surface area (Å²) in [5.41, 5.74) is 8.09. The predicted molar refractivity (Wildman–Crippen MR) is 74.8 cm³/mol. The van der Waals surface area contributed by atoms with Gasteiger partial charge in [0.2, 0.25) is 0 Å². The van der Waals surface area contributed by atoms with E-state index in [0.29, 0.717) is 4.88 Å². The Labute approximate surface area is 111 Å². The molecule has 2 N–H and O–H groups in total. The van der Waals surface area contributed by atoms with Gasteiger partial charge in [-0.15, -0.1) is 0 Å². The molecule has 0 aliphatic carbocycles. The molecule has 0 radical (unpaired) electrons. The molecule has 94 valence electrons. The fourth-order valence-corrected chi connectivity index (χ4v) is 2.91. The van der Waals surface area contributed by atoms with Crippen LogP contribution in [0.1, 0.15) is 36.0 Å². The molecule has 0 saturated carbocycles. The molecule has 2 aromatic rings. The van der Waals surface area contributed by atoms with Gasteiger partial charge in [0.05, 0.1) is 5.69 Å². The van der Waals surface area contributed by atoms with Crippen molar-refractivity contribution in [3.05, 3.63) is 40.8 Å². The van der Waals surface area contributed by atoms with Crippen LogP contribution in [0, 0.1) is 0 Å². The number of rotatable bonds is 2. The molecule has 0 aliphatic heterocycles. The molecule has 3 nitrogen and oxygen atoms in total. The second-order valence-electron chi connectivity index (χ2n) is 5.22. The highest BCUT2D eigenvalue weighted by Crippen LogP contribution is 2.36. The normalized spacial score (nSPS) is 11.5. The van der Waals surface area contributed by atoms with Crippen molar-refractivity contribution >= 4 is 17.4 Å². The van der Waals surface area contributed by atoms with E-state index in [1.54, 1.807) is 0 Å². The van der Waals surface area contributed by atoms with Gasteiger partial charge in [-0.3, -0.25) is 4.79 Å². The van der Waals surface area contributed by atoms with E-state index >= 15 is 0 Å². The number of carbonyl (C=O) groups is 1. The summed E-state index contributed by atoms with van der Waals surface area (Å²) in [6, 6.07) is 9.88. The van der Waals surface area contributed by atoms with Gasteiger partial charge in [-0.2, -0.15) is 4.37 Å². The second kappa shape index (κ2) is 4.53. The fourth-order valence-electron chi connectivity index (χ4n) is 1.95. The molecular weight excluding hydrogens is 244 g/mol. The molecule has 1 amide bonds. The average Bonchev–Trinajstić information content (AvgIpc) is 2.74. The number of hydrogen-bond donors (Lipinski definition) is 1. The van der Waals surface area contributed by atoms with Crippen LogP contribution in [0.2, 0.25) is 0 Å². The predicted octanol–water partition coefficient (Wildman–Crippen LogP) is 3.21. The molecule has 0 saturated heterocycles. The van der Waals surface area contributed by atoms with Crippen LogP contribution in [0.15, 0.2) is 30.3 Å². The van der Waals surface area contributed by atoms with Crippen molar-refractivity contribution < 1.29 is 4.79 Å². The summed E-state index contributed by atoms with van der Waals surface area (Å²) >= 11 is 1.18. The average molecular weight is 260 g/mol. The highest BCUT2D eigenvalue weighted by atomic mass is 32.1. The molecule has 1 heterocycles. The van der Waals surface area contributed by atoms with Gasteiger partial charge in [-0.05, 0) is 16.9 Å². The Morgan fingerprint density at radius 2 is 1.83 bits per heavy atom. The lowest BCUT2D eigenvalue weighted by Crippen LogP contribution is -2.19. The molecule has 1 aromatic carbocycles. The third kappa shape index (κ3) is 2.29. The largest absolute Gasteiger partial charge is 0.365 e. The minimum atomic E-state index is -0.403. The number of nitrogens with zero attached hydrogens (tertiary/aromatic N) is 1. The summed E-state index contributed by atoms with van der Waals surface area (Å²) in [5.74, 6) is -0.403. The van der Waals surface area contributed by atoms with E-state index in [1.165, 1.54) is 11.5 Å². The zero-order chi connectivity index (χ0) is 13.3. The Balaban J connectivity index is 2.67. The van der Waals surface area contributed by atoms with Gasteiger partial charge in [0.25, 0.3) is 5.91 Å². The molecule has 18 heavy (non-hydrogen) atoms. The summed E-state index contributed by atoms with van der Waals surface area (Å²) in [6.45, 7) is 6.20. The number of nitrogens with two attached hydrogens (primary N) is 1. The molecule has 0 bridgehead atoms. The monoisotopic (exact) mass is 260 g/mol. The van der Waals surface area contributed by atoms with Crippen molar-refractivity contribution in [1.29, 1.82) is 0 Å². The molecule has 0 aliphatic rings. The van der Waals surface area contributed by atoms with E-state index in [9.17, 15) is 4.79 Å². The Hall–Kier alpha value is -1.68. The Morgan fingerprint density at radius 1 is 1.22 bits per heavy atom. The van der Waals surface area contributed by atoms with E-state index < -0.39 is 5.91 Å². The third-order valence-corrected chi connectivity index (χ3v) is 3.57. The summed E-state index contributed by atoms with van der Waals surface area (Å²) in [6.07, 6.45) is 0. The second-order valence-corrected chi connectivity index (χ2v) is 5.99. The van der Waals surface area contributed by atoms with E-state index in [0.717, 1.165) is 16.8 Å². The van der Waals surface area contributed by atoms with E-state index in [4.69, 9.17) is 5.73 Å². The van der Waals surface area contributed by atoms with E-state index in [1.807, 2.05) is 30.3 Å². The van der Waals surface area contributed by atoms with E-state index in [-0.39, 0.29) is 5.41 Å². The van der Waals surface area contributed by atoms with Gasteiger partial charge < -0.3 is 5.73 Å². The maximum absolute atomic E-state index is 11.5. The first-order valence-electron chi connectivity index (χ1n) is 5.76. The van der Waals surface area contributed by atoms with Gasteiger partial charge >= 0.3 is 0 Å². The molecule has 1 aromatic heterocycles. The number of primary amides is 1. The van der Waals surface area contributed by atoms with Crippen molar-refractivity contribution in [3.63, 3.8) is 0 Å². The van der Waals surface area contributed by atoms with Crippen LogP contribution >= 0.6 is 11.5 Å². The molecular formula is C14H16N2OS. The van der Waals surface area contributed by atoms with Gasteiger partial charge in [0, 0.05) is 11.1 Å². The number of benzene rings is 1. The SMILES string of the molecule is CC(C)(C)c1c(-c2ccccc2)nsc1C(N)=O. The highest BCUT2D eigenvalue weighted by molar-refractivity contribution is 7.08. The van der Waals surface area contributed by atoms with Gasteiger partial charge in [0.15, 0.2) is 0 Å². The number of amides is 1. The van der Waals surface area contributed by atoms with Crippen LogP contribution in [0.5, 0.6) is 0 Å². The van der Waals surface area contributed by atoms with Gasteiger partial charge in [-0.1, -0.05) is 51.1 Å². The van der Waals surface area contributed by atoms with Crippen LogP contribution in [0.4, 0.5) is 0 Å².